The second kappa shape index (κ2) is 14.1. The van der Waals surface area contributed by atoms with Crippen LogP contribution in [0.5, 0.6) is 0 Å². The molecular formula is C19H24INO8S. The Balaban J connectivity index is 2.64. The number of hydrogen-bond donors (Lipinski definition) is 1. The molecule has 0 aliphatic rings. The van der Waals surface area contributed by atoms with Gasteiger partial charge in [-0.05, 0) is 46.7 Å². The number of methoxy groups -OCH3 is 3. The van der Waals surface area contributed by atoms with Crippen LogP contribution in [0.15, 0.2) is 24.3 Å². The van der Waals surface area contributed by atoms with Crippen molar-refractivity contribution in [3.05, 3.63) is 33.4 Å². The summed E-state index contributed by atoms with van der Waals surface area (Å²) in [6, 6.07) is 6.76. The lowest BCUT2D eigenvalue weighted by atomic mass is 10.1. The van der Waals surface area contributed by atoms with Crippen LogP contribution in [-0.2, 0) is 39.1 Å². The van der Waals surface area contributed by atoms with Gasteiger partial charge in [0.25, 0.3) is 0 Å². The minimum atomic E-state index is -1.16. The number of carbonyl (C=O) groups excluding carboxylic acids is 4. The molecule has 1 amide bonds. The van der Waals surface area contributed by atoms with Gasteiger partial charge in [-0.15, -0.1) is 0 Å². The van der Waals surface area contributed by atoms with E-state index in [0.29, 0.717) is 5.75 Å². The van der Waals surface area contributed by atoms with Crippen molar-refractivity contribution in [3.8, 4) is 0 Å². The number of hydrogen-bond acceptors (Lipinski definition) is 9. The minimum absolute atomic E-state index is 0.0428. The number of ether oxygens (including phenoxy) is 4. The van der Waals surface area contributed by atoms with E-state index in [4.69, 9.17) is 4.74 Å². The van der Waals surface area contributed by atoms with Gasteiger partial charge in [-0.1, -0.05) is 12.1 Å². The Hall–Kier alpha value is -2.02. The molecule has 1 aromatic rings. The Labute approximate surface area is 192 Å². The van der Waals surface area contributed by atoms with Gasteiger partial charge < -0.3 is 24.3 Å². The molecular weight excluding hydrogens is 529 g/mol. The van der Waals surface area contributed by atoms with Gasteiger partial charge >= 0.3 is 24.0 Å². The van der Waals surface area contributed by atoms with Gasteiger partial charge in [-0.25, -0.2) is 14.4 Å². The number of halogens is 1. The topological polar surface area (TPSA) is 117 Å². The fraction of sp³-hybridized carbons (Fsp3) is 0.474. The van der Waals surface area contributed by atoms with Crippen LogP contribution in [0.4, 0.5) is 4.79 Å². The van der Waals surface area contributed by atoms with Gasteiger partial charge in [0.2, 0.25) is 6.10 Å². The monoisotopic (exact) mass is 553 g/mol. The van der Waals surface area contributed by atoms with Crippen molar-refractivity contribution in [2.45, 2.75) is 30.7 Å². The van der Waals surface area contributed by atoms with Crippen LogP contribution in [0, 0.1) is 3.57 Å². The van der Waals surface area contributed by atoms with Crippen molar-refractivity contribution < 1.29 is 38.1 Å². The van der Waals surface area contributed by atoms with E-state index >= 15 is 0 Å². The molecule has 9 nitrogen and oxygen atoms in total. The normalized spacial score (nSPS) is 12.3. The summed E-state index contributed by atoms with van der Waals surface area (Å²) in [6.45, 7) is 0. The summed E-state index contributed by atoms with van der Waals surface area (Å²) in [5.41, 5.74) is 1.06. The third-order valence-electron chi connectivity index (χ3n) is 3.81. The van der Waals surface area contributed by atoms with Gasteiger partial charge in [-0.2, -0.15) is 11.8 Å². The van der Waals surface area contributed by atoms with Gasteiger partial charge in [0.05, 0.1) is 21.3 Å². The predicted octanol–water partition coefficient (Wildman–Crippen LogP) is 2.29. The van der Waals surface area contributed by atoms with E-state index in [1.165, 1.54) is 26.0 Å². The largest absolute Gasteiger partial charge is 0.469 e. The van der Waals surface area contributed by atoms with E-state index in [1.54, 1.807) is 0 Å². The first-order valence-electron chi connectivity index (χ1n) is 8.82. The standard InChI is InChI=1S/C19H24INO8S/c1-26-16(22)9-8-14(17(23)27-2)21-19(25)29-15(18(24)28-3)11-30-10-12-4-6-13(20)7-5-12/h4-7,14-15H,8-11H2,1-3H3,(H,21,25)/t14-,15-/m0/s1. The minimum Gasteiger partial charge on any atom is -0.469 e. The van der Waals surface area contributed by atoms with E-state index in [0.717, 1.165) is 16.2 Å². The first-order chi connectivity index (χ1) is 14.3. The average molecular weight is 553 g/mol. The number of alkyl carbamates (subject to hydrolysis) is 1. The maximum atomic E-state index is 12.2. The summed E-state index contributed by atoms with van der Waals surface area (Å²) < 4.78 is 20.1. The fourth-order valence-corrected chi connectivity index (χ4v) is 3.53. The second-order valence-electron chi connectivity index (χ2n) is 5.89. The van der Waals surface area contributed by atoms with Crippen LogP contribution in [0.3, 0.4) is 0 Å². The predicted molar refractivity (Wildman–Crippen MR) is 118 cm³/mol. The molecule has 0 aliphatic heterocycles. The highest BCUT2D eigenvalue weighted by Crippen LogP contribution is 2.16. The molecule has 0 radical (unpaired) electrons. The highest BCUT2D eigenvalue weighted by Gasteiger charge is 2.28. The zero-order valence-electron chi connectivity index (χ0n) is 16.8. The third kappa shape index (κ3) is 9.65. The van der Waals surface area contributed by atoms with Crippen LogP contribution in [0.1, 0.15) is 18.4 Å². The van der Waals surface area contributed by atoms with Crippen LogP contribution in [-0.4, -0.2) is 63.2 Å². The molecule has 0 saturated carbocycles. The van der Waals surface area contributed by atoms with E-state index < -0.39 is 36.1 Å². The lowest BCUT2D eigenvalue weighted by Gasteiger charge is -2.19. The molecule has 0 spiro atoms. The number of thioether (sulfide) groups is 1. The highest BCUT2D eigenvalue weighted by molar-refractivity contribution is 14.1. The molecule has 0 fully saturated rings. The summed E-state index contributed by atoms with van der Waals surface area (Å²) in [6.07, 6.45) is -2.31. The molecule has 2 atom stereocenters. The number of esters is 3. The molecule has 1 rings (SSSR count). The number of nitrogens with one attached hydrogen (secondary N) is 1. The molecule has 30 heavy (non-hydrogen) atoms. The molecule has 1 aromatic carbocycles. The van der Waals surface area contributed by atoms with Gasteiger partial charge in [0.15, 0.2) is 0 Å². The van der Waals surface area contributed by atoms with E-state index in [-0.39, 0.29) is 18.6 Å². The molecule has 0 aromatic heterocycles. The van der Waals surface area contributed by atoms with E-state index in [1.807, 2.05) is 24.3 Å². The second-order valence-corrected chi connectivity index (χ2v) is 8.17. The molecule has 11 heteroatoms. The van der Waals surface area contributed by atoms with Crippen LogP contribution >= 0.6 is 34.4 Å². The van der Waals surface area contributed by atoms with Crippen LogP contribution in [0.2, 0.25) is 0 Å². The zero-order valence-corrected chi connectivity index (χ0v) is 19.8. The Bertz CT molecular complexity index is 728. The van der Waals surface area contributed by atoms with E-state index in [2.05, 4.69) is 42.1 Å². The number of amides is 1. The molecule has 0 bridgehead atoms. The van der Waals surface area contributed by atoms with Gasteiger partial charge in [-0.3, -0.25) is 4.79 Å². The number of carbonyl (C=O) groups is 4. The SMILES string of the molecule is COC(=O)CC[C@H](NC(=O)O[C@@H](CSCc1ccc(I)cc1)C(=O)OC)C(=O)OC. The molecule has 0 saturated heterocycles. The van der Waals surface area contributed by atoms with Crippen molar-refractivity contribution >= 4 is 58.4 Å². The van der Waals surface area contributed by atoms with Crippen molar-refractivity contribution in [1.82, 2.24) is 5.32 Å². The third-order valence-corrected chi connectivity index (χ3v) is 5.60. The summed E-state index contributed by atoms with van der Waals surface area (Å²) in [5.74, 6) is -1.24. The lowest BCUT2D eigenvalue weighted by Crippen LogP contribution is -2.44. The van der Waals surface area contributed by atoms with Gasteiger partial charge in [0.1, 0.15) is 6.04 Å². The molecule has 0 unspecified atom stereocenters. The Morgan fingerprint density at radius 3 is 2.20 bits per heavy atom. The smallest absolute Gasteiger partial charge is 0.408 e. The molecule has 0 heterocycles. The van der Waals surface area contributed by atoms with Crippen molar-refractivity contribution in [2.24, 2.45) is 0 Å². The number of rotatable bonds is 11. The fourth-order valence-electron chi connectivity index (χ4n) is 2.21. The molecule has 1 N–H and O–H groups in total. The average Bonchev–Trinajstić information content (AvgIpc) is 2.75. The Morgan fingerprint density at radius 1 is 1.00 bits per heavy atom. The van der Waals surface area contributed by atoms with E-state index in [9.17, 15) is 19.2 Å². The summed E-state index contributed by atoms with van der Waals surface area (Å²) >= 11 is 3.60. The lowest BCUT2D eigenvalue weighted by molar-refractivity contribution is -0.149. The summed E-state index contributed by atoms with van der Waals surface area (Å²) in [5, 5.41) is 2.31. The summed E-state index contributed by atoms with van der Waals surface area (Å²) in [4.78, 5) is 47.3. The molecule has 0 aliphatic carbocycles. The van der Waals surface area contributed by atoms with Crippen molar-refractivity contribution in [3.63, 3.8) is 0 Å². The molecule has 166 valence electrons. The maximum absolute atomic E-state index is 12.2. The van der Waals surface area contributed by atoms with Crippen LogP contribution in [0.25, 0.3) is 0 Å². The van der Waals surface area contributed by atoms with Crippen molar-refractivity contribution in [1.29, 1.82) is 0 Å². The Kier molecular flexibility index (Phi) is 12.2. The first-order valence-corrected chi connectivity index (χ1v) is 11.1. The highest BCUT2D eigenvalue weighted by atomic mass is 127. The first kappa shape index (κ1) is 26.0. The quantitative estimate of drug-likeness (QED) is 0.250. The Morgan fingerprint density at radius 2 is 1.63 bits per heavy atom. The number of benzene rings is 1. The van der Waals surface area contributed by atoms with Gasteiger partial charge in [0, 0.05) is 21.5 Å². The van der Waals surface area contributed by atoms with Crippen molar-refractivity contribution in [2.75, 3.05) is 27.1 Å². The maximum Gasteiger partial charge on any atom is 0.408 e. The zero-order chi connectivity index (χ0) is 22.5. The summed E-state index contributed by atoms with van der Waals surface area (Å²) in [7, 11) is 3.55. The van der Waals surface area contributed by atoms with Crippen LogP contribution < -0.4 is 5.32 Å².